The number of aromatic amines is 1. The largest absolute Gasteiger partial charge is 0.497 e. The van der Waals surface area contributed by atoms with Crippen molar-refractivity contribution in [2.24, 2.45) is 0 Å². The lowest BCUT2D eigenvalue weighted by molar-refractivity contribution is 0.415. The summed E-state index contributed by atoms with van der Waals surface area (Å²) >= 11 is 0. The summed E-state index contributed by atoms with van der Waals surface area (Å²) in [5, 5.41) is 0.591. The van der Waals surface area contributed by atoms with Gasteiger partial charge in [0.2, 0.25) is 0 Å². The summed E-state index contributed by atoms with van der Waals surface area (Å²) in [6, 6.07) is 5.24. The number of H-pyrrole nitrogens is 1. The lowest BCUT2D eigenvalue weighted by Gasteiger charge is -2.02. The lowest BCUT2D eigenvalue weighted by atomic mass is 10.2. The van der Waals surface area contributed by atoms with Crippen LogP contribution in [0.5, 0.6) is 5.75 Å². The monoisotopic (exact) mass is 204 g/mol. The van der Waals surface area contributed by atoms with Gasteiger partial charge in [-0.25, -0.2) is 4.98 Å². The number of methoxy groups -OCH3 is 1. The molecule has 2 aromatic rings. The van der Waals surface area contributed by atoms with E-state index in [2.05, 4.69) is 9.97 Å². The average Bonchev–Trinajstić information content (AvgIpc) is 2.28. The Bertz CT molecular complexity index is 541. The third-order valence-corrected chi connectivity index (χ3v) is 2.30. The molecule has 1 aromatic carbocycles. The molecule has 0 radical (unpaired) electrons. The smallest absolute Gasteiger partial charge is 0.258 e. The molecule has 0 aliphatic rings. The molecular formula is C11H12N2O2. The number of ether oxygens (including phenoxy) is 1. The average molecular weight is 204 g/mol. The number of fused-ring (bicyclic) bond motifs is 1. The fraction of sp³-hybridized carbons (Fsp3) is 0.273. The molecular weight excluding hydrogens is 192 g/mol. The lowest BCUT2D eigenvalue weighted by Crippen LogP contribution is -2.11. The maximum absolute atomic E-state index is 11.6. The van der Waals surface area contributed by atoms with Crippen molar-refractivity contribution in [3.63, 3.8) is 0 Å². The number of hydrogen-bond donors (Lipinski definition) is 1. The van der Waals surface area contributed by atoms with Gasteiger partial charge < -0.3 is 9.72 Å². The standard InChI is InChI=1S/C11H12N2O2/c1-3-10-12-9-6-7(15-2)4-5-8(9)11(14)13-10/h4-6H,3H2,1-2H3,(H,12,13,14). The summed E-state index contributed by atoms with van der Waals surface area (Å²) in [7, 11) is 1.59. The zero-order valence-electron chi connectivity index (χ0n) is 8.70. The van der Waals surface area contributed by atoms with Gasteiger partial charge in [-0.15, -0.1) is 0 Å². The van der Waals surface area contributed by atoms with Crippen LogP contribution in [0, 0.1) is 0 Å². The van der Waals surface area contributed by atoms with Gasteiger partial charge in [-0.3, -0.25) is 4.79 Å². The van der Waals surface area contributed by atoms with E-state index in [1.165, 1.54) is 0 Å². The fourth-order valence-electron chi connectivity index (χ4n) is 1.46. The first kappa shape index (κ1) is 9.71. The Morgan fingerprint density at radius 2 is 2.27 bits per heavy atom. The van der Waals surface area contributed by atoms with Crippen LogP contribution in [-0.4, -0.2) is 17.1 Å². The first-order chi connectivity index (χ1) is 7.24. The predicted octanol–water partition coefficient (Wildman–Crippen LogP) is 1.49. The van der Waals surface area contributed by atoms with Crippen LogP contribution in [0.15, 0.2) is 23.0 Å². The van der Waals surface area contributed by atoms with Gasteiger partial charge in [0, 0.05) is 12.5 Å². The highest BCUT2D eigenvalue weighted by molar-refractivity contribution is 5.78. The molecule has 4 heteroatoms. The summed E-state index contributed by atoms with van der Waals surface area (Å²) < 4.78 is 5.08. The van der Waals surface area contributed by atoms with E-state index in [1.54, 1.807) is 25.3 Å². The van der Waals surface area contributed by atoms with Crippen LogP contribution in [-0.2, 0) is 6.42 Å². The molecule has 1 aromatic heterocycles. The normalized spacial score (nSPS) is 10.5. The number of hydrogen-bond acceptors (Lipinski definition) is 3. The number of aryl methyl sites for hydroxylation is 1. The van der Waals surface area contributed by atoms with Crippen LogP contribution in [0.2, 0.25) is 0 Å². The van der Waals surface area contributed by atoms with Gasteiger partial charge in [0.1, 0.15) is 11.6 Å². The van der Waals surface area contributed by atoms with Gasteiger partial charge in [0.15, 0.2) is 0 Å². The van der Waals surface area contributed by atoms with E-state index in [-0.39, 0.29) is 5.56 Å². The zero-order valence-corrected chi connectivity index (χ0v) is 8.70. The third-order valence-electron chi connectivity index (χ3n) is 2.30. The minimum atomic E-state index is -0.0977. The Labute approximate surface area is 86.9 Å². The van der Waals surface area contributed by atoms with Crippen LogP contribution >= 0.6 is 0 Å². The molecule has 15 heavy (non-hydrogen) atoms. The predicted molar refractivity (Wildman–Crippen MR) is 58.3 cm³/mol. The van der Waals surface area contributed by atoms with Crippen LogP contribution in [0.25, 0.3) is 10.9 Å². The summed E-state index contributed by atoms with van der Waals surface area (Å²) in [6.45, 7) is 1.95. The van der Waals surface area contributed by atoms with E-state index < -0.39 is 0 Å². The van der Waals surface area contributed by atoms with Crippen molar-refractivity contribution in [2.45, 2.75) is 13.3 Å². The Hall–Kier alpha value is -1.84. The Kier molecular flexibility index (Phi) is 2.41. The van der Waals surface area contributed by atoms with Crippen molar-refractivity contribution in [2.75, 3.05) is 7.11 Å². The summed E-state index contributed by atoms with van der Waals surface area (Å²) in [5.41, 5.74) is 0.578. The molecule has 78 valence electrons. The van der Waals surface area contributed by atoms with E-state index in [4.69, 9.17) is 4.74 Å². The van der Waals surface area contributed by atoms with Gasteiger partial charge in [0.25, 0.3) is 5.56 Å². The molecule has 0 fully saturated rings. The van der Waals surface area contributed by atoms with Gasteiger partial charge in [-0.1, -0.05) is 6.92 Å². The van der Waals surface area contributed by atoms with Crippen molar-refractivity contribution in [3.8, 4) is 5.75 Å². The second-order valence-corrected chi connectivity index (χ2v) is 3.25. The number of nitrogens with zero attached hydrogens (tertiary/aromatic N) is 1. The van der Waals surface area contributed by atoms with Crippen molar-refractivity contribution in [1.82, 2.24) is 9.97 Å². The molecule has 0 aliphatic carbocycles. The van der Waals surface area contributed by atoms with Gasteiger partial charge >= 0.3 is 0 Å². The number of benzene rings is 1. The van der Waals surface area contributed by atoms with Crippen molar-refractivity contribution < 1.29 is 4.74 Å². The fourth-order valence-corrected chi connectivity index (χ4v) is 1.46. The summed E-state index contributed by atoms with van der Waals surface area (Å²) in [6.07, 6.45) is 0.711. The molecule has 0 bridgehead atoms. The molecule has 0 spiro atoms. The molecule has 1 N–H and O–H groups in total. The molecule has 4 nitrogen and oxygen atoms in total. The molecule has 0 saturated heterocycles. The third kappa shape index (κ3) is 1.70. The molecule has 2 rings (SSSR count). The van der Waals surface area contributed by atoms with E-state index in [1.807, 2.05) is 6.92 Å². The van der Waals surface area contributed by atoms with E-state index in [0.717, 1.165) is 0 Å². The summed E-state index contributed by atoms with van der Waals surface area (Å²) in [4.78, 5) is 18.7. The summed E-state index contributed by atoms with van der Waals surface area (Å²) in [5.74, 6) is 1.41. The van der Waals surface area contributed by atoms with Crippen molar-refractivity contribution >= 4 is 10.9 Å². The first-order valence-electron chi connectivity index (χ1n) is 4.81. The van der Waals surface area contributed by atoms with Crippen LogP contribution < -0.4 is 10.3 Å². The minimum absolute atomic E-state index is 0.0977. The van der Waals surface area contributed by atoms with Gasteiger partial charge in [-0.2, -0.15) is 0 Å². The topological polar surface area (TPSA) is 55.0 Å². The van der Waals surface area contributed by atoms with Crippen molar-refractivity contribution in [1.29, 1.82) is 0 Å². The van der Waals surface area contributed by atoms with Crippen LogP contribution in [0.4, 0.5) is 0 Å². The minimum Gasteiger partial charge on any atom is -0.497 e. The molecule has 0 aliphatic heterocycles. The van der Waals surface area contributed by atoms with E-state index in [9.17, 15) is 4.79 Å². The van der Waals surface area contributed by atoms with E-state index in [0.29, 0.717) is 28.9 Å². The number of rotatable bonds is 2. The van der Waals surface area contributed by atoms with E-state index >= 15 is 0 Å². The first-order valence-corrected chi connectivity index (χ1v) is 4.81. The molecule has 0 amide bonds. The Balaban J connectivity index is 2.75. The quantitative estimate of drug-likeness (QED) is 0.806. The van der Waals surface area contributed by atoms with Gasteiger partial charge in [0.05, 0.1) is 18.0 Å². The molecule has 0 atom stereocenters. The Morgan fingerprint density at radius 3 is 2.93 bits per heavy atom. The second-order valence-electron chi connectivity index (χ2n) is 3.25. The zero-order chi connectivity index (χ0) is 10.8. The molecule has 1 heterocycles. The SMILES string of the molecule is CCc1nc2cc(OC)ccc2c(=O)[nH]1. The van der Waals surface area contributed by atoms with Crippen LogP contribution in [0.3, 0.4) is 0 Å². The maximum Gasteiger partial charge on any atom is 0.258 e. The van der Waals surface area contributed by atoms with Gasteiger partial charge in [-0.05, 0) is 12.1 Å². The number of nitrogens with one attached hydrogen (secondary N) is 1. The Morgan fingerprint density at radius 1 is 1.47 bits per heavy atom. The highest BCUT2D eigenvalue weighted by atomic mass is 16.5. The molecule has 0 saturated carbocycles. The molecule has 0 unspecified atom stereocenters. The number of aromatic nitrogens is 2. The van der Waals surface area contributed by atoms with Crippen molar-refractivity contribution in [3.05, 3.63) is 34.4 Å². The second kappa shape index (κ2) is 3.73. The van der Waals surface area contributed by atoms with Crippen LogP contribution in [0.1, 0.15) is 12.7 Å². The highest BCUT2D eigenvalue weighted by Gasteiger charge is 2.03. The highest BCUT2D eigenvalue weighted by Crippen LogP contribution is 2.16. The maximum atomic E-state index is 11.6.